The fraction of sp³-hybridized carbons (Fsp3) is 0.303. The maximum Gasteiger partial charge on any atom is 0.338 e. The van der Waals surface area contributed by atoms with E-state index in [-0.39, 0.29) is 22.3 Å². The van der Waals surface area contributed by atoms with Crippen LogP contribution in [0.5, 0.6) is 5.75 Å². The molecule has 0 fully saturated rings. The van der Waals surface area contributed by atoms with Gasteiger partial charge in [-0.1, -0.05) is 39.3 Å². The summed E-state index contributed by atoms with van der Waals surface area (Å²) in [6.45, 7) is 7.09. The van der Waals surface area contributed by atoms with E-state index >= 15 is 0 Å². The van der Waals surface area contributed by atoms with Crippen LogP contribution in [0.4, 0.5) is 10.1 Å². The molecule has 0 spiro atoms. The van der Waals surface area contributed by atoms with Crippen LogP contribution in [0, 0.1) is 11.7 Å². The van der Waals surface area contributed by atoms with E-state index in [1.807, 2.05) is 19.1 Å². The zero-order valence-electron chi connectivity index (χ0n) is 23.3. The molecule has 0 N–H and O–H groups in total. The molecule has 1 unspecified atom stereocenters. The second kappa shape index (κ2) is 12.0. The van der Waals surface area contributed by atoms with Gasteiger partial charge in [0.15, 0.2) is 5.43 Å². The van der Waals surface area contributed by atoms with Crippen LogP contribution in [0.2, 0.25) is 0 Å². The molecule has 5 rings (SSSR count). The maximum atomic E-state index is 14.1. The second-order valence-electron chi connectivity index (χ2n) is 10.5. The summed E-state index contributed by atoms with van der Waals surface area (Å²) in [7, 11) is 0. The summed E-state index contributed by atoms with van der Waals surface area (Å²) in [6, 6.07) is 16.5. The van der Waals surface area contributed by atoms with Crippen molar-refractivity contribution in [3.8, 4) is 5.75 Å². The van der Waals surface area contributed by atoms with Gasteiger partial charge in [0.1, 0.15) is 17.1 Å². The van der Waals surface area contributed by atoms with Gasteiger partial charge in [0, 0.05) is 5.69 Å². The lowest BCUT2D eigenvalue weighted by molar-refractivity contribution is 0.0499. The van der Waals surface area contributed by atoms with Gasteiger partial charge >= 0.3 is 5.97 Å². The SMILES string of the molecule is CCCCOC(=O)c1ccc(N2C(=O)c3oc4ccc(F)cc4c(=O)c3C2c2cccc(OCCC(C)C)c2)cc1. The van der Waals surface area contributed by atoms with Gasteiger partial charge in [-0.3, -0.25) is 14.5 Å². The first-order valence-electron chi connectivity index (χ1n) is 13.9. The number of amides is 1. The summed E-state index contributed by atoms with van der Waals surface area (Å²) in [5.74, 6) is -0.576. The van der Waals surface area contributed by atoms with Crippen molar-refractivity contribution in [3.05, 3.63) is 105 Å². The Bertz CT molecular complexity index is 1640. The first kappa shape index (κ1) is 28.1. The van der Waals surface area contributed by atoms with E-state index in [1.165, 1.54) is 17.0 Å². The van der Waals surface area contributed by atoms with Crippen molar-refractivity contribution < 1.29 is 27.9 Å². The van der Waals surface area contributed by atoms with E-state index in [1.54, 1.807) is 36.4 Å². The van der Waals surface area contributed by atoms with E-state index in [0.717, 1.165) is 25.3 Å². The molecule has 41 heavy (non-hydrogen) atoms. The molecule has 212 valence electrons. The maximum absolute atomic E-state index is 14.1. The van der Waals surface area contributed by atoms with Crippen LogP contribution in [-0.4, -0.2) is 25.1 Å². The molecule has 1 aliphatic heterocycles. The highest BCUT2D eigenvalue weighted by Crippen LogP contribution is 2.42. The van der Waals surface area contributed by atoms with Gasteiger partial charge in [-0.2, -0.15) is 0 Å². The minimum Gasteiger partial charge on any atom is -0.494 e. The van der Waals surface area contributed by atoms with E-state index in [2.05, 4.69) is 13.8 Å². The Morgan fingerprint density at radius 2 is 1.80 bits per heavy atom. The van der Waals surface area contributed by atoms with Crippen molar-refractivity contribution in [1.82, 2.24) is 0 Å². The first-order chi connectivity index (χ1) is 19.8. The Hall–Kier alpha value is -4.46. The summed E-state index contributed by atoms with van der Waals surface area (Å²) in [4.78, 5) is 41.6. The number of hydrogen-bond donors (Lipinski definition) is 0. The van der Waals surface area contributed by atoms with Crippen LogP contribution in [0.25, 0.3) is 11.0 Å². The summed E-state index contributed by atoms with van der Waals surface area (Å²) in [5.41, 5.74) is 1.20. The Labute approximate surface area is 237 Å². The highest BCUT2D eigenvalue weighted by Gasteiger charge is 2.43. The second-order valence-corrected chi connectivity index (χ2v) is 10.5. The summed E-state index contributed by atoms with van der Waals surface area (Å²) in [5, 5.41) is 0.0536. The molecule has 1 aromatic heterocycles. The molecule has 8 heteroatoms. The minimum atomic E-state index is -0.863. The number of benzene rings is 3. The van der Waals surface area contributed by atoms with Crippen LogP contribution in [0.3, 0.4) is 0 Å². The number of halogens is 1. The van der Waals surface area contributed by atoms with E-state index < -0.39 is 29.2 Å². The third-order valence-electron chi connectivity index (χ3n) is 7.08. The fourth-order valence-corrected chi connectivity index (χ4v) is 4.86. The molecule has 0 saturated carbocycles. The van der Waals surface area contributed by atoms with Crippen LogP contribution in [-0.2, 0) is 4.74 Å². The van der Waals surface area contributed by atoms with Crippen molar-refractivity contribution >= 4 is 28.5 Å². The summed E-state index contributed by atoms with van der Waals surface area (Å²) < 4.78 is 31.3. The molecule has 1 aliphatic rings. The van der Waals surface area contributed by atoms with Gasteiger partial charge in [0.05, 0.1) is 35.8 Å². The molecular formula is C33H32FNO6. The summed E-state index contributed by atoms with van der Waals surface area (Å²) >= 11 is 0. The molecule has 0 aliphatic carbocycles. The Kier molecular flexibility index (Phi) is 8.19. The van der Waals surface area contributed by atoms with E-state index in [4.69, 9.17) is 13.9 Å². The van der Waals surface area contributed by atoms with Crippen molar-refractivity contribution in [2.45, 2.75) is 46.1 Å². The molecule has 1 atom stereocenters. The number of rotatable bonds is 10. The minimum absolute atomic E-state index is 0.0536. The van der Waals surface area contributed by atoms with Crippen LogP contribution < -0.4 is 15.1 Å². The van der Waals surface area contributed by atoms with Crippen molar-refractivity contribution in [2.24, 2.45) is 5.92 Å². The van der Waals surface area contributed by atoms with Gasteiger partial charge in [-0.25, -0.2) is 9.18 Å². The molecule has 3 aromatic carbocycles. The molecule has 1 amide bonds. The third kappa shape index (κ3) is 5.73. The lowest BCUT2D eigenvalue weighted by atomic mass is 9.98. The molecule has 0 saturated heterocycles. The summed E-state index contributed by atoms with van der Waals surface area (Å²) in [6.07, 6.45) is 2.55. The van der Waals surface area contributed by atoms with Gasteiger partial charge in [-0.15, -0.1) is 0 Å². The van der Waals surface area contributed by atoms with Crippen LogP contribution >= 0.6 is 0 Å². The largest absolute Gasteiger partial charge is 0.494 e. The average molecular weight is 558 g/mol. The van der Waals surface area contributed by atoms with Gasteiger partial charge < -0.3 is 13.9 Å². The van der Waals surface area contributed by atoms with Crippen LogP contribution in [0.1, 0.15) is 78.1 Å². The average Bonchev–Trinajstić information content (AvgIpc) is 3.26. The Morgan fingerprint density at radius 3 is 2.54 bits per heavy atom. The first-order valence-corrected chi connectivity index (χ1v) is 13.9. The van der Waals surface area contributed by atoms with E-state index in [0.29, 0.717) is 41.7 Å². The molecule has 4 aromatic rings. The van der Waals surface area contributed by atoms with Gasteiger partial charge in [-0.05, 0) is 78.9 Å². The number of hydrogen-bond acceptors (Lipinski definition) is 6. The van der Waals surface area contributed by atoms with Gasteiger partial charge in [0.2, 0.25) is 5.76 Å². The van der Waals surface area contributed by atoms with E-state index in [9.17, 15) is 18.8 Å². The topological polar surface area (TPSA) is 86.0 Å². The number of ether oxygens (including phenoxy) is 2. The third-order valence-corrected chi connectivity index (χ3v) is 7.08. The van der Waals surface area contributed by atoms with Crippen LogP contribution in [0.15, 0.2) is 75.9 Å². The number of carbonyl (C=O) groups is 2. The predicted octanol–water partition coefficient (Wildman–Crippen LogP) is 7.06. The molecule has 7 nitrogen and oxygen atoms in total. The normalized spacial score (nSPS) is 14.5. The number of fused-ring (bicyclic) bond motifs is 2. The number of carbonyl (C=O) groups excluding carboxylic acids is 2. The quantitative estimate of drug-likeness (QED) is 0.153. The highest BCUT2D eigenvalue weighted by molar-refractivity contribution is 6.10. The Balaban J connectivity index is 1.59. The monoisotopic (exact) mass is 557 g/mol. The predicted molar refractivity (Wildman–Crippen MR) is 154 cm³/mol. The van der Waals surface area contributed by atoms with Crippen molar-refractivity contribution in [3.63, 3.8) is 0 Å². The number of nitrogens with zero attached hydrogens (tertiary/aromatic N) is 1. The fourth-order valence-electron chi connectivity index (χ4n) is 4.86. The zero-order valence-corrected chi connectivity index (χ0v) is 23.3. The van der Waals surface area contributed by atoms with Crippen molar-refractivity contribution in [2.75, 3.05) is 18.1 Å². The lowest BCUT2D eigenvalue weighted by Crippen LogP contribution is -2.29. The zero-order chi connectivity index (χ0) is 29.1. The molecule has 0 bridgehead atoms. The lowest BCUT2D eigenvalue weighted by Gasteiger charge is -2.25. The standard InChI is InChI=1S/C33H32FNO6/c1-4-5-16-40-33(38)21-9-12-24(13-10-21)35-29(22-7-6-8-25(18-22)39-17-15-20(2)3)28-30(36)26-19-23(34)11-14-27(26)41-31(28)32(35)37/h6-14,18-20,29H,4-5,15-17H2,1-3H3. The highest BCUT2D eigenvalue weighted by atomic mass is 19.1. The molecule has 2 heterocycles. The van der Waals surface area contributed by atoms with Crippen molar-refractivity contribution in [1.29, 1.82) is 0 Å². The molecule has 0 radical (unpaired) electrons. The van der Waals surface area contributed by atoms with Gasteiger partial charge in [0.25, 0.3) is 5.91 Å². The smallest absolute Gasteiger partial charge is 0.338 e. The Morgan fingerprint density at radius 1 is 1.02 bits per heavy atom. The molecular weight excluding hydrogens is 525 g/mol. The number of esters is 1. The number of unbranched alkanes of at least 4 members (excludes halogenated alkanes) is 1. The number of anilines is 1.